The van der Waals surface area contributed by atoms with Crippen LogP contribution in [0, 0.1) is 0 Å². The summed E-state index contributed by atoms with van der Waals surface area (Å²) in [4.78, 5) is 13.1. The fourth-order valence-corrected chi connectivity index (χ4v) is 8.15. The first-order chi connectivity index (χ1) is 29.6. The number of nitrogens with two attached hydrogens (primary N) is 1. The maximum Gasteiger partial charge on any atom is 0.235 e. The zero-order valence-electron chi connectivity index (χ0n) is 33.1. The second-order valence-electron chi connectivity index (χ2n) is 14.9. The molecule has 0 unspecified atom stereocenters. The minimum Gasteiger partial charge on any atom is -0.486 e. The van der Waals surface area contributed by atoms with Crippen LogP contribution in [0.5, 0.6) is 5.75 Å². The number of rotatable bonds is 10. The topological polar surface area (TPSA) is 69.2 Å². The molecule has 6 nitrogen and oxygen atoms in total. The Hall–Kier alpha value is -7.96. The first-order valence-corrected chi connectivity index (χ1v) is 20.1. The van der Waals surface area contributed by atoms with Crippen molar-refractivity contribution >= 4 is 38.9 Å². The van der Waals surface area contributed by atoms with E-state index in [2.05, 4.69) is 168 Å². The van der Waals surface area contributed by atoms with E-state index in [-0.39, 0.29) is 0 Å². The van der Waals surface area contributed by atoms with Gasteiger partial charge >= 0.3 is 0 Å². The maximum atomic E-state index is 6.84. The van der Waals surface area contributed by atoms with Crippen molar-refractivity contribution in [1.29, 1.82) is 0 Å². The molecule has 6 heteroatoms. The molecule has 0 amide bonds. The Bertz CT molecular complexity index is 3090. The molecule has 0 bridgehead atoms. The molecule has 0 saturated carbocycles. The van der Waals surface area contributed by atoms with E-state index in [0.717, 1.165) is 83.5 Å². The lowest BCUT2D eigenvalue weighted by Gasteiger charge is -2.24. The van der Waals surface area contributed by atoms with Crippen LogP contribution in [0.25, 0.3) is 72.5 Å². The van der Waals surface area contributed by atoms with Gasteiger partial charge in [0.1, 0.15) is 6.61 Å². The molecule has 0 aliphatic carbocycles. The number of fused-ring (bicyclic) bond motifs is 3. The van der Waals surface area contributed by atoms with Gasteiger partial charge in [-0.15, -0.1) is 0 Å². The van der Waals surface area contributed by atoms with Crippen LogP contribution >= 0.6 is 0 Å². The average molecular weight is 776 g/mol. The summed E-state index contributed by atoms with van der Waals surface area (Å²) < 4.78 is 8.88. The molecule has 0 aliphatic heterocycles. The zero-order valence-corrected chi connectivity index (χ0v) is 33.1. The number of hydrogen-bond donors (Lipinski definition) is 1. The Morgan fingerprint density at radius 1 is 0.517 bits per heavy atom. The molecule has 0 aliphatic rings. The third kappa shape index (κ3) is 6.80. The van der Waals surface area contributed by atoms with Crippen molar-refractivity contribution in [3.8, 4) is 56.5 Å². The lowest BCUT2D eigenvalue weighted by atomic mass is 10.0. The van der Waals surface area contributed by atoms with Crippen LogP contribution in [-0.4, -0.2) is 21.6 Å². The summed E-state index contributed by atoms with van der Waals surface area (Å²) in [6, 6.07) is 71.0. The van der Waals surface area contributed by atoms with Gasteiger partial charge in [0.15, 0.2) is 5.75 Å². The normalized spacial score (nSPS) is 11.2. The summed E-state index contributed by atoms with van der Waals surface area (Å²) in [6.07, 6.45) is 0. The fourth-order valence-electron chi connectivity index (χ4n) is 8.15. The van der Waals surface area contributed by atoms with E-state index in [1.54, 1.807) is 0 Å². The molecule has 0 spiro atoms. The van der Waals surface area contributed by atoms with Crippen molar-refractivity contribution in [3.63, 3.8) is 0 Å². The first-order valence-electron chi connectivity index (χ1n) is 20.1. The molecule has 288 valence electrons. The van der Waals surface area contributed by atoms with Gasteiger partial charge in [0, 0.05) is 34.8 Å². The van der Waals surface area contributed by atoms with E-state index in [1.165, 1.54) is 0 Å². The Morgan fingerprint density at radius 2 is 1.05 bits per heavy atom. The molecule has 2 N–H and O–H groups in total. The molecule has 10 aromatic rings. The fraction of sp³-hybridized carbons (Fsp3) is 0.0370. The minimum absolute atomic E-state index is 0.365. The predicted octanol–water partition coefficient (Wildman–Crippen LogP) is 13.2. The monoisotopic (exact) mass is 775 g/mol. The third-order valence-electron chi connectivity index (χ3n) is 11.1. The molecule has 0 fully saturated rings. The van der Waals surface area contributed by atoms with E-state index in [0.29, 0.717) is 24.0 Å². The van der Waals surface area contributed by atoms with Gasteiger partial charge in [-0.1, -0.05) is 176 Å². The number of anilines is 3. The van der Waals surface area contributed by atoms with Gasteiger partial charge in [-0.25, -0.2) is 9.97 Å². The van der Waals surface area contributed by atoms with Gasteiger partial charge in [-0.2, -0.15) is 0 Å². The number of nitrogen functional groups attached to an aromatic ring is 1. The van der Waals surface area contributed by atoms with Crippen LogP contribution in [0.3, 0.4) is 0 Å². The van der Waals surface area contributed by atoms with Crippen LogP contribution < -0.4 is 15.4 Å². The van der Waals surface area contributed by atoms with Crippen molar-refractivity contribution in [1.82, 2.24) is 14.5 Å². The van der Waals surface area contributed by atoms with Crippen LogP contribution in [0.2, 0.25) is 0 Å². The van der Waals surface area contributed by atoms with Crippen molar-refractivity contribution < 1.29 is 4.74 Å². The van der Waals surface area contributed by atoms with Gasteiger partial charge in [0.25, 0.3) is 0 Å². The molecular weight excluding hydrogens is 735 g/mol. The van der Waals surface area contributed by atoms with Gasteiger partial charge < -0.3 is 15.4 Å². The minimum atomic E-state index is 0.365. The maximum absolute atomic E-state index is 6.84. The predicted molar refractivity (Wildman–Crippen MR) is 248 cm³/mol. The second kappa shape index (κ2) is 15.8. The lowest BCUT2D eigenvalue weighted by molar-refractivity contribution is 0.312. The summed E-state index contributed by atoms with van der Waals surface area (Å²) in [6.45, 7) is 0.365. The van der Waals surface area contributed by atoms with Crippen molar-refractivity contribution in [2.45, 2.75) is 6.61 Å². The molecule has 2 heterocycles. The highest BCUT2D eigenvalue weighted by Crippen LogP contribution is 2.46. The molecule has 8 aromatic carbocycles. The molecule has 2 aromatic heterocycles. The van der Waals surface area contributed by atoms with Crippen LogP contribution in [-0.2, 0) is 6.61 Å². The SMILES string of the molecule is CN(c1ccccc1-c1ccccc1)c1cccc2c3c(OCc4ccccc4)c(N)ccc3n(-c3nc(-c4ccccc4)cc(-c4ccc(-c5ccccc5)cc4)n3)c12. The van der Waals surface area contributed by atoms with E-state index >= 15 is 0 Å². The standard InChI is InChI=1S/C54H41N5O/c1-58(48-27-15-14-25-43(48)40-21-10-4-11-22-40)50-28-16-26-44-51-49(34-33-45(55)53(51)60-36-37-17-6-2-7-18-37)59(52(44)50)54-56-46(41-23-12-5-13-24-41)35-47(57-54)42-31-29-39(30-32-42)38-19-8-3-9-20-38/h2-35H,36,55H2,1H3. The zero-order chi connectivity index (χ0) is 40.4. The number of aromatic nitrogens is 3. The number of nitrogens with zero attached hydrogens (tertiary/aromatic N) is 4. The molecule has 60 heavy (non-hydrogen) atoms. The summed E-state index contributed by atoms with van der Waals surface area (Å²) >= 11 is 0. The van der Waals surface area contributed by atoms with Crippen molar-refractivity contribution in [2.24, 2.45) is 0 Å². The van der Waals surface area contributed by atoms with Gasteiger partial charge in [-0.3, -0.25) is 4.57 Å². The van der Waals surface area contributed by atoms with Gasteiger partial charge in [-0.05, 0) is 52.6 Å². The van der Waals surface area contributed by atoms with Crippen molar-refractivity contribution in [2.75, 3.05) is 17.7 Å². The number of hydrogen-bond acceptors (Lipinski definition) is 5. The van der Waals surface area contributed by atoms with Crippen LogP contribution in [0.1, 0.15) is 5.56 Å². The van der Waals surface area contributed by atoms with E-state index in [4.69, 9.17) is 20.4 Å². The highest BCUT2D eigenvalue weighted by atomic mass is 16.5. The Labute approximate surface area is 349 Å². The number of benzene rings is 8. The summed E-state index contributed by atoms with van der Waals surface area (Å²) in [5.74, 6) is 1.16. The van der Waals surface area contributed by atoms with Crippen LogP contribution in [0.4, 0.5) is 17.1 Å². The third-order valence-corrected chi connectivity index (χ3v) is 11.1. The molecule has 0 radical (unpaired) electrons. The molecule has 0 atom stereocenters. The van der Waals surface area contributed by atoms with Gasteiger partial charge in [0.2, 0.25) is 5.95 Å². The summed E-state index contributed by atoms with van der Waals surface area (Å²) in [5.41, 5.74) is 20.5. The largest absolute Gasteiger partial charge is 0.486 e. The smallest absolute Gasteiger partial charge is 0.235 e. The molecule has 0 saturated heterocycles. The highest BCUT2D eigenvalue weighted by Gasteiger charge is 2.25. The van der Waals surface area contributed by atoms with E-state index < -0.39 is 0 Å². The Morgan fingerprint density at radius 3 is 1.73 bits per heavy atom. The van der Waals surface area contributed by atoms with Crippen LogP contribution in [0.15, 0.2) is 206 Å². The number of ether oxygens (including phenoxy) is 1. The first kappa shape index (κ1) is 36.4. The second-order valence-corrected chi connectivity index (χ2v) is 14.9. The summed E-state index contributed by atoms with van der Waals surface area (Å²) in [5, 5.41) is 1.87. The molecular formula is C54H41N5O. The molecule has 10 rings (SSSR count). The quantitative estimate of drug-likeness (QED) is 0.140. The van der Waals surface area contributed by atoms with Crippen molar-refractivity contribution in [3.05, 3.63) is 212 Å². The average Bonchev–Trinajstić information content (AvgIpc) is 3.67. The Balaban J connectivity index is 1.23. The van der Waals surface area contributed by atoms with Gasteiger partial charge in [0.05, 0.1) is 39.2 Å². The highest BCUT2D eigenvalue weighted by molar-refractivity contribution is 6.17. The van der Waals surface area contributed by atoms with E-state index in [9.17, 15) is 0 Å². The Kier molecular flexibility index (Phi) is 9.56. The number of para-hydroxylation sites is 2. The van der Waals surface area contributed by atoms with E-state index in [1.807, 2.05) is 54.6 Å². The summed E-state index contributed by atoms with van der Waals surface area (Å²) in [7, 11) is 2.13. The lowest BCUT2D eigenvalue weighted by Crippen LogP contribution is -2.13.